The molecule has 0 N–H and O–H groups in total. The molecule has 5 heteroatoms. The molecule has 2 aromatic rings. The molecule has 3 rings (SSSR count). The normalized spacial score (nSPS) is 16.4. The largest absolute Gasteiger partial charge is 0.372 e. The Morgan fingerprint density at radius 1 is 1.04 bits per heavy atom. The first-order chi connectivity index (χ1) is 12.3. The molecule has 1 saturated heterocycles. The van der Waals surface area contributed by atoms with Crippen LogP contribution in [0.1, 0.15) is 58.4 Å². The Morgan fingerprint density at radius 3 is 2.32 bits per heavy atom. The van der Waals surface area contributed by atoms with E-state index in [2.05, 4.69) is 65.0 Å². The lowest BCUT2D eigenvalue weighted by Gasteiger charge is -2.28. The highest BCUT2D eigenvalue weighted by Crippen LogP contribution is 2.27. The van der Waals surface area contributed by atoms with Gasteiger partial charge in [-0.3, -0.25) is 4.90 Å². The van der Waals surface area contributed by atoms with E-state index in [0.717, 1.165) is 44.1 Å². The van der Waals surface area contributed by atoms with Gasteiger partial charge in [-0.25, -0.2) is 0 Å². The monoisotopic (exact) mass is 342 g/mol. The first-order valence-electron chi connectivity index (χ1n) is 9.69. The third-order valence-corrected chi connectivity index (χ3v) is 5.21. The van der Waals surface area contributed by atoms with Gasteiger partial charge < -0.3 is 9.42 Å². The molecule has 1 atom stereocenters. The summed E-state index contributed by atoms with van der Waals surface area (Å²) < 4.78 is 5.59. The van der Waals surface area contributed by atoms with Crippen LogP contribution in [0.5, 0.6) is 0 Å². The molecule has 1 aliphatic rings. The first-order valence-corrected chi connectivity index (χ1v) is 9.69. The standard InChI is InChI=1S/C20H30N4O/c1-4-18(23(5-2)6-3)20-21-19(22-25-20)16-10-12-17(13-11-16)24-14-8-7-9-15-24/h10-13,18H,4-9,14-15H2,1-3H3. The van der Waals surface area contributed by atoms with Crippen molar-refractivity contribution >= 4 is 5.69 Å². The van der Waals surface area contributed by atoms with Gasteiger partial charge in [0, 0.05) is 24.3 Å². The van der Waals surface area contributed by atoms with Crippen molar-refractivity contribution in [1.29, 1.82) is 0 Å². The van der Waals surface area contributed by atoms with Gasteiger partial charge in [0.25, 0.3) is 0 Å². The molecule has 0 bridgehead atoms. The van der Waals surface area contributed by atoms with Crippen LogP contribution in [-0.4, -0.2) is 41.2 Å². The van der Waals surface area contributed by atoms with Crippen molar-refractivity contribution in [1.82, 2.24) is 15.0 Å². The number of benzene rings is 1. The summed E-state index contributed by atoms with van der Waals surface area (Å²) >= 11 is 0. The summed E-state index contributed by atoms with van der Waals surface area (Å²) in [4.78, 5) is 9.50. The highest BCUT2D eigenvalue weighted by Gasteiger charge is 2.22. The maximum atomic E-state index is 5.59. The van der Waals surface area contributed by atoms with Gasteiger partial charge in [-0.1, -0.05) is 25.9 Å². The topological polar surface area (TPSA) is 45.4 Å². The highest BCUT2D eigenvalue weighted by atomic mass is 16.5. The van der Waals surface area contributed by atoms with Gasteiger partial charge in [0.15, 0.2) is 0 Å². The Balaban J connectivity index is 1.75. The van der Waals surface area contributed by atoms with Crippen LogP contribution >= 0.6 is 0 Å². The van der Waals surface area contributed by atoms with E-state index < -0.39 is 0 Å². The molecule has 5 nitrogen and oxygen atoms in total. The second-order valence-electron chi connectivity index (χ2n) is 6.70. The van der Waals surface area contributed by atoms with Gasteiger partial charge in [-0.05, 0) is 63.0 Å². The Kier molecular flexibility index (Phi) is 6.08. The lowest BCUT2D eigenvalue weighted by atomic mass is 10.1. The molecular formula is C20H30N4O. The third-order valence-electron chi connectivity index (χ3n) is 5.21. The number of piperidine rings is 1. The van der Waals surface area contributed by atoms with Crippen molar-refractivity contribution in [2.75, 3.05) is 31.1 Å². The fourth-order valence-corrected chi connectivity index (χ4v) is 3.71. The maximum Gasteiger partial charge on any atom is 0.244 e. The van der Waals surface area contributed by atoms with Gasteiger partial charge >= 0.3 is 0 Å². The summed E-state index contributed by atoms with van der Waals surface area (Å²) in [5.74, 6) is 1.41. The van der Waals surface area contributed by atoms with Crippen LogP contribution in [0.25, 0.3) is 11.4 Å². The first kappa shape index (κ1) is 17.9. The Morgan fingerprint density at radius 2 is 1.72 bits per heavy atom. The van der Waals surface area contributed by atoms with E-state index in [4.69, 9.17) is 4.52 Å². The van der Waals surface area contributed by atoms with Gasteiger partial charge in [-0.2, -0.15) is 4.98 Å². The van der Waals surface area contributed by atoms with E-state index >= 15 is 0 Å². The Labute approximate surface area is 151 Å². The van der Waals surface area contributed by atoms with Crippen molar-refractivity contribution in [3.05, 3.63) is 30.2 Å². The fourth-order valence-electron chi connectivity index (χ4n) is 3.71. The predicted molar refractivity (Wildman–Crippen MR) is 102 cm³/mol. The van der Waals surface area contributed by atoms with Gasteiger partial charge in [0.05, 0.1) is 6.04 Å². The zero-order chi connectivity index (χ0) is 17.6. The molecular weight excluding hydrogens is 312 g/mol. The molecule has 0 aliphatic carbocycles. The molecule has 1 fully saturated rings. The van der Waals surface area contributed by atoms with Gasteiger partial charge in [-0.15, -0.1) is 0 Å². The average Bonchev–Trinajstić information content (AvgIpc) is 3.16. The molecule has 1 unspecified atom stereocenters. The van der Waals surface area contributed by atoms with Crippen molar-refractivity contribution in [3.63, 3.8) is 0 Å². The number of aromatic nitrogens is 2. The minimum absolute atomic E-state index is 0.198. The van der Waals surface area contributed by atoms with E-state index in [0.29, 0.717) is 5.82 Å². The number of anilines is 1. The summed E-state index contributed by atoms with van der Waals surface area (Å²) in [5, 5.41) is 4.22. The SMILES string of the molecule is CCC(c1nc(-c2ccc(N3CCCCC3)cc2)no1)N(CC)CC. The minimum atomic E-state index is 0.198. The molecule has 1 aromatic heterocycles. The molecule has 136 valence electrons. The van der Waals surface area contributed by atoms with Crippen LogP contribution in [0.15, 0.2) is 28.8 Å². The third kappa shape index (κ3) is 4.03. The van der Waals surface area contributed by atoms with E-state index in [1.807, 2.05) is 0 Å². The highest BCUT2D eigenvalue weighted by molar-refractivity contribution is 5.60. The number of nitrogens with zero attached hydrogens (tertiary/aromatic N) is 4. The number of rotatable bonds is 7. The Hall–Kier alpha value is -1.88. The second kappa shape index (κ2) is 8.48. The molecule has 0 amide bonds. The molecule has 1 aromatic carbocycles. The van der Waals surface area contributed by atoms with Crippen LogP contribution < -0.4 is 4.90 Å². The molecule has 2 heterocycles. The molecule has 0 saturated carbocycles. The second-order valence-corrected chi connectivity index (χ2v) is 6.70. The van der Waals surface area contributed by atoms with Crippen LogP contribution in [-0.2, 0) is 0 Å². The smallest absolute Gasteiger partial charge is 0.244 e. The average molecular weight is 342 g/mol. The van der Waals surface area contributed by atoms with E-state index in [9.17, 15) is 0 Å². The number of hydrogen-bond donors (Lipinski definition) is 0. The van der Waals surface area contributed by atoms with Crippen LogP contribution in [0.4, 0.5) is 5.69 Å². The summed E-state index contributed by atoms with van der Waals surface area (Å²) in [7, 11) is 0. The predicted octanol–water partition coefficient (Wildman–Crippen LogP) is 4.52. The lowest BCUT2D eigenvalue weighted by molar-refractivity contribution is 0.171. The van der Waals surface area contributed by atoms with Crippen molar-refractivity contribution in [2.24, 2.45) is 0 Å². The minimum Gasteiger partial charge on any atom is -0.372 e. The van der Waals surface area contributed by atoms with Crippen LogP contribution in [0.2, 0.25) is 0 Å². The van der Waals surface area contributed by atoms with E-state index in [1.165, 1.54) is 24.9 Å². The summed E-state index contributed by atoms with van der Waals surface area (Å²) in [5.41, 5.74) is 2.31. The van der Waals surface area contributed by atoms with Crippen molar-refractivity contribution in [2.45, 2.75) is 52.5 Å². The quantitative estimate of drug-likeness (QED) is 0.740. The molecule has 0 spiro atoms. The zero-order valence-electron chi connectivity index (χ0n) is 15.7. The summed E-state index contributed by atoms with van der Waals surface area (Å²) in [6.07, 6.45) is 4.90. The van der Waals surface area contributed by atoms with E-state index in [-0.39, 0.29) is 6.04 Å². The van der Waals surface area contributed by atoms with Gasteiger partial charge in [0.2, 0.25) is 11.7 Å². The van der Waals surface area contributed by atoms with Crippen LogP contribution in [0, 0.1) is 0 Å². The van der Waals surface area contributed by atoms with Crippen molar-refractivity contribution in [3.8, 4) is 11.4 Å². The van der Waals surface area contributed by atoms with Gasteiger partial charge in [0.1, 0.15) is 0 Å². The lowest BCUT2D eigenvalue weighted by Crippen LogP contribution is -2.29. The Bertz CT molecular complexity index is 642. The summed E-state index contributed by atoms with van der Waals surface area (Å²) in [6, 6.07) is 8.77. The zero-order valence-corrected chi connectivity index (χ0v) is 15.7. The molecule has 25 heavy (non-hydrogen) atoms. The van der Waals surface area contributed by atoms with Crippen molar-refractivity contribution < 1.29 is 4.52 Å². The van der Waals surface area contributed by atoms with Crippen LogP contribution in [0.3, 0.4) is 0 Å². The molecule has 1 aliphatic heterocycles. The number of hydrogen-bond acceptors (Lipinski definition) is 5. The van der Waals surface area contributed by atoms with E-state index in [1.54, 1.807) is 0 Å². The fraction of sp³-hybridized carbons (Fsp3) is 0.600. The maximum absolute atomic E-state index is 5.59. The summed E-state index contributed by atoms with van der Waals surface area (Å²) in [6.45, 7) is 10.8. The molecule has 0 radical (unpaired) electrons.